The first kappa shape index (κ1) is 22.9. The van der Waals surface area contributed by atoms with Crippen molar-refractivity contribution in [1.29, 1.82) is 0 Å². The van der Waals surface area contributed by atoms with E-state index in [9.17, 15) is 9.59 Å². The summed E-state index contributed by atoms with van der Waals surface area (Å²) in [4.78, 5) is 24.4. The monoisotopic (exact) mass is 427 g/mol. The van der Waals surface area contributed by atoms with Crippen LogP contribution < -0.4 is 10.3 Å². The highest BCUT2D eigenvalue weighted by Gasteiger charge is 2.11. The molecule has 1 N–H and O–H groups in total. The number of hydrazone groups is 1. The average molecular weight is 428 g/mol. The topological polar surface area (TPSA) is 61.8 Å². The minimum absolute atomic E-state index is 0.0902. The molecule has 0 fully saturated rings. The van der Waals surface area contributed by atoms with Crippen LogP contribution in [0.15, 0.2) is 90.0 Å². The van der Waals surface area contributed by atoms with E-state index in [4.69, 9.17) is 0 Å². The Balaban J connectivity index is 1.57. The highest BCUT2D eigenvalue weighted by Crippen LogP contribution is 2.33. The van der Waals surface area contributed by atoms with Crippen molar-refractivity contribution < 1.29 is 9.59 Å². The number of anilines is 3. The molecule has 5 nitrogen and oxygen atoms in total. The number of hydrogen-bond acceptors (Lipinski definition) is 4. The van der Waals surface area contributed by atoms with E-state index >= 15 is 0 Å². The van der Waals surface area contributed by atoms with E-state index in [0.29, 0.717) is 12.8 Å². The Labute approximate surface area is 189 Å². The van der Waals surface area contributed by atoms with Gasteiger partial charge in [-0.15, -0.1) is 0 Å². The third-order valence-electron chi connectivity index (χ3n) is 5.06. The largest absolute Gasteiger partial charge is 0.311 e. The number of carbonyl (C=O) groups is 2. The van der Waals surface area contributed by atoms with Crippen molar-refractivity contribution in [1.82, 2.24) is 5.43 Å². The SMILES string of the molecule is O=CCCCCCCC(=O)N/N=C/c1ccc(N(c2ccccc2)c2ccccc2)cc1. The fourth-order valence-electron chi connectivity index (χ4n) is 3.41. The summed E-state index contributed by atoms with van der Waals surface area (Å²) in [7, 11) is 0. The van der Waals surface area contributed by atoms with Crippen LogP contribution in [0.3, 0.4) is 0 Å². The van der Waals surface area contributed by atoms with Crippen LogP contribution in [-0.2, 0) is 9.59 Å². The average Bonchev–Trinajstić information content (AvgIpc) is 2.84. The lowest BCUT2D eigenvalue weighted by Gasteiger charge is -2.25. The fraction of sp³-hybridized carbons (Fsp3) is 0.222. The zero-order chi connectivity index (χ0) is 22.4. The van der Waals surface area contributed by atoms with Crippen LogP contribution in [0.1, 0.15) is 44.1 Å². The summed E-state index contributed by atoms with van der Waals surface area (Å²) >= 11 is 0. The van der Waals surface area contributed by atoms with Crippen LogP contribution in [0.4, 0.5) is 17.1 Å². The van der Waals surface area contributed by atoms with Crippen molar-refractivity contribution in [3.8, 4) is 0 Å². The first-order valence-corrected chi connectivity index (χ1v) is 11.0. The van der Waals surface area contributed by atoms with Gasteiger partial charge in [-0.25, -0.2) is 5.43 Å². The van der Waals surface area contributed by atoms with Crippen LogP contribution >= 0.6 is 0 Å². The number of amides is 1. The molecule has 3 aromatic rings. The molecule has 3 aromatic carbocycles. The van der Waals surface area contributed by atoms with Gasteiger partial charge in [-0.3, -0.25) is 4.79 Å². The number of aldehydes is 1. The summed E-state index contributed by atoms with van der Waals surface area (Å²) in [6.07, 6.45) is 7.27. The maximum Gasteiger partial charge on any atom is 0.240 e. The maximum absolute atomic E-state index is 11.9. The minimum Gasteiger partial charge on any atom is -0.311 e. The lowest BCUT2D eigenvalue weighted by molar-refractivity contribution is -0.121. The predicted octanol–water partition coefficient (Wildman–Crippen LogP) is 6.15. The van der Waals surface area contributed by atoms with Gasteiger partial charge >= 0.3 is 0 Å². The van der Waals surface area contributed by atoms with Crippen LogP contribution in [0.2, 0.25) is 0 Å². The number of rotatable bonds is 12. The molecule has 0 saturated heterocycles. The van der Waals surface area contributed by atoms with Gasteiger partial charge in [0.25, 0.3) is 0 Å². The molecular weight excluding hydrogens is 398 g/mol. The number of benzene rings is 3. The molecule has 0 bridgehead atoms. The molecule has 0 aliphatic rings. The summed E-state index contributed by atoms with van der Waals surface area (Å²) in [6.45, 7) is 0. The molecule has 164 valence electrons. The van der Waals surface area contributed by atoms with Crippen molar-refractivity contribution in [3.05, 3.63) is 90.5 Å². The minimum atomic E-state index is -0.0902. The van der Waals surface area contributed by atoms with Gasteiger partial charge in [0.05, 0.1) is 6.21 Å². The number of unbranched alkanes of at least 4 members (excludes halogenated alkanes) is 4. The van der Waals surface area contributed by atoms with Crippen molar-refractivity contribution in [2.24, 2.45) is 5.10 Å². The molecule has 5 heteroatoms. The van der Waals surface area contributed by atoms with Gasteiger partial charge in [-0.05, 0) is 54.8 Å². The Morgan fingerprint density at radius 3 is 1.91 bits per heavy atom. The van der Waals surface area contributed by atoms with Gasteiger partial charge in [0.15, 0.2) is 0 Å². The van der Waals surface area contributed by atoms with E-state index in [1.165, 1.54) is 0 Å². The van der Waals surface area contributed by atoms with Gasteiger partial charge in [0, 0.05) is 29.9 Å². The second-order valence-corrected chi connectivity index (χ2v) is 7.51. The smallest absolute Gasteiger partial charge is 0.240 e. The Morgan fingerprint density at radius 1 is 0.750 bits per heavy atom. The number of para-hydroxylation sites is 2. The summed E-state index contributed by atoms with van der Waals surface area (Å²) in [5.74, 6) is -0.0902. The Morgan fingerprint density at radius 2 is 1.31 bits per heavy atom. The van der Waals surface area contributed by atoms with Crippen molar-refractivity contribution in [2.45, 2.75) is 38.5 Å². The molecule has 0 aromatic heterocycles. The maximum atomic E-state index is 11.9. The number of nitrogens with one attached hydrogen (secondary N) is 1. The first-order chi connectivity index (χ1) is 15.8. The van der Waals surface area contributed by atoms with E-state index in [-0.39, 0.29) is 5.91 Å². The Kier molecular flexibility index (Phi) is 9.21. The lowest BCUT2D eigenvalue weighted by atomic mass is 10.1. The summed E-state index contributed by atoms with van der Waals surface area (Å²) < 4.78 is 0. The predicted molar refractivity (Wildman–Crippen MR) is 131 cm³/mol. The molecule has 0 unspecified atom stereocenters. The molecule has 3 rings (SSSR count). The fourth-order valence-corrected chi connectivity index (χ4v) is 3.41. The molecule has 0 atom stereocenters. The van der Waals surface area contributed by atoms with Gasteiger partial charge in [0.2, 0.25) is 5.91 Å². The van der Waals surface area contributed by atoms with Crippen molar-refractivity contribution in [2.75, 3.05) is 4.90 Å². The lowest BCUT2D eigenvalue weighted by Crippen LogP contribution is -2.16. The van der Waals surface area contributed by atoms with E-state index in [2.05, 4.69) is 39.7 Å². The molecule has 0 heterocycles. The van der Waals surface area contributed by atoms with Gasteiger partial charge in [-0.2, -0.15) is 5.10 Å². The van der Waals surface area contributed by atoms with Crippen LogP contribution in [-0.4, -0.2) is 18.4 Å². The highest BCUT2D eigenvalue weighted by molar-refractivity contribution is 5.84. The zero-order valence-electron chi connectivity index (χ0n) is 18.2. The van der Waals surface area contributed by atoms with Crippen LogP contribution in [0, 0.1) is 0 Å². The van der Waals surface area contributed by atoms with E-state index in [1.54, 1.807) is 6.21 Å². The number of hydrogen-bond donors (Lipinski definition) is 1. The number of nitrogens with zero attached hydrogens (tertiary/aromatic N) is 2. The molecule has 0 saturated carbocycles. The molecular formula is C27H29N3O2. The summed E-state index contributed by atoms with van der Waals surface area (Å²) in [5, 5.41) is 4.08. The molecule has 32 heavy (non-hydrogen) atoms. The normalized spacial score (nSPS) is 10.8. The van der Waals surface area contributed by atoms with Gasteiger partial charge in [-0.1, -0.05) is 61.4 Å². The number of carbonyl (C=O) groups excluding carboxylic acids is 2. The van der Waals surface area contributed by atoms with Gasteiger partial charge in [0.1, 0.15) is 6.29 Å². The van der Waals surface area contributed by atoms with Crippen LogP contribution in [0.5, 0.6) is 0 Å². The summed E-state index contributed by atoms with van der Waals surface area (Å²) in [5.41, 5.74) is 6.70. The molecule has 0 spiro atoms. The first-order valence-electron chi connectivity index (χ1n) is 11.0. The zero-order valence-corrected chi connectivity index (χ0v) is 18.2. The van der Waals surface area contributed by atoms with Crippen molar-refractivity contribution >= 4 is 35.5 Å². The third-order valence-corrected chi connectivity index (χ3v) is 5.06. The third kappa shape index (κ3) is 7.20. The van der Waals surface area contributed by atoms with Crippen LogP contribution in [0.25, 0.3) is 0 Å². The second kappa shape index (κ2) is 12.8. The van der Waals surface area contributed by atoms with E-state index < -0.39 is 0 Å². The summed E-state index contributed by atoms with van der Waals surface area (Å²) in [6, 6.07) is 28.5. The van der Waals surface area contributed by atoms with E-state index in [1.807, 2.05) is 60.7 Å². The standard InChI is InChI=1S/C27H29N3O2/c31-21-11-3-1-2-10-16-27(32)29-28-22-23-17-19-26(20-18-23)30(24-12-6-4-7-13-24)25-14-8-5-9-15-25/h4-9,12-15,17-22H,1-3,10-11,16H2,(H,29,32)/b28-22+. The van der Waals surface area contributed by atoms with E-state index in [0.717, 1.165) is 54.6 Å². The molecule has 1 amide bonds. The van der Waals surface area contributed by atoms with Crippen molar-refractivity contribution in [3.63, 3.8) is 0 Å². The molecule has 0 aliphatic carbocycles. The van der Waals surface area contributed by atoms with Gasteiger partial charge < -0.3 is 9.69 Å². The molecule has 0 aliphatic heterocycles. The Hall–Kier alpha value is -3.73. The second-order valence-electron chi connectivity index (χ2n) is 7.51. The quantitative estimate of drug-likeness (QED) is 0.163. The highest BCUT2D eigenvalue weighted by atomic mass is 16.2. The molecule has 0 radical (unpaired) electrons. The Bertz CT molecular complexity index is 947.